The van der Waals surface area contributed by atoms with E-state index in [4.69, 9.17) is 17.1 Å². The van der Waals surface area contributed by atoms with Gasteiger partial charge in [-0.2, -0.15) is 5.10 Å². The molecule has 0 saturated carbocycles. The van der Waals surface area contributed by atoms with E-state index in [2.05, 4.69) is 38.3 Å². The number of fused-ring (bicyclic) bond motifs is 2. The molecule has 4 aromatic heterocycles. The van der Waals surface area contributed by atoms with Crippen LogP contribution in [0.25, 0.3) is 16.6 Å². The van der Waals surface area contributed by atoms with Crippen LogP contribution in [0.3, 0.4) is 0 Å². The van der Waals surface area contributed by atoms with Gasteiger partial charge >= 0.3 is 0 Å². The van der Waals surface area contributed by atoms with Gasteiger partial charge in [0.1, 0.15) is 48.5 Å². The van der Waals surface area contributed by atoms with Crippen LogP contribution in [0.2, 0.25) is 0 Å². The first-order valence-electron chi connectivity index (χ1n) is 14.3. The fraction of sp³-hybridized carbons (Fsp3) is 0.133. The van der Waals surface area contributed by atoms with E-state index in [1.807, 2.05) is 38.4 Å². The Hall–Kier alpha value is -5.68. The van der Waals surface area contributed by atoms with Gasteiger partial charge in [0.25, 0.3) is 11.5 Å². The lowest BCUT2D eigenvalue weighted by Crippen LogP contribution is -2.35. The van der Waals surface area contributed by atoms with E-state index in [9.17, 15) is 9.59 Å². The number of aryl methyl sites for hydroxylation is 1. The van der Waals surface area contributed by atoms with Crippen molar-refractivity contribution in [3.8, 4) is 24.2 Å². The van der Waals surface area contributed by atoms with E-state index in [0.29, 0.717) is 33.6 Å². The Labute approximate surface area is 263 Å². The lowest BCUT2D eigenvalue weighted by atomic mass is 9.66. The average Bonchev–Trinajstić information content (AvgIpc) is 3.60. The van der Waals surface area contributed by atoms with Crippen LogP contribution in [-0.4, -0.2) is 71.2 Å². The summed E-state index contributed by atoms with van der Waals surface area (Å²) in [4.78, 5) is 37.1. The molecule has 0 aliphatic rings. The number of amides is 1. The molecule has 0 spiro atoms. The number of nitrogens with two attached hydrogens (primary N) is 1. The highest BCUT2D eigenvalue weighted by Gasteiger charge is 2.24. The molecule has 3 N–H and O–H groups in total. The third-order valence-electron chi connectivity index (χ3n) is 7.81. The quantitative estimate of drug-likeness (QED) is 0.136. The molecule has 0 saturated heterocycles. The van der Waals surface area contributed by atoms with Crippen molar-refractivity contribution in [2.45, 2.75) is 19.5 Å². The van der Waals surface area contributed by atoms with Crippen LogP contribution in [0.1, 0.15) is 40.4 Å². The molecule has 1 atom stereocenters. The first-order chi connectivity index (χ1) is 21.5. The van der Waals surface area contributed by atoms with E-state index in [1.54, 1.807) is 65.1 Å². The number of aromatic nitrogens is 7. The number of nitrogen functional groups attached to an aromatic ring is 1. The van der Waals surface area contributed by atoms with Gasteiger partial charge in [0.2, 0.25) is 0 Å². The lowest BCUT2D eigenvalue weighted by molar-refractivity contribution is 0.0939. The zero-order valence-electron chi connectivity index (χ0n) is 26.0. The molecule has 15 heteroatoms. The molecule has 0 aliphatic carbocycles. The number of carbonyl (C=O) groups is 1. The van der Waals surface area contributed by atoms with Crippen LogP contribution in [0.5, 0.6) is 0 Å². The first-order valence-corrected chi connectivity index (χ1v) is 14.3. The third kappa shape index (κ3) is 6.06. The second kappa shape index (κ2) is 12.5. The average molecular weight is 591 g/mol. The molecule has 218 valence electrons. The predicted molar refractivity (Wildman–Crippen MR) is 186 cm³/mol. The number of anilines is 1. The Morgan fingerprint density at radius 2 is 1.87 bits per heavy atom. The second-order valence-corrected chi connectivity index (χ2v) is 10.8. The molecule has 4 heterocycles. The van der Waals surface area contributed by atoms with Gasteiger partial charge in [-0.25, -0.2) is 14.5 Å². The molecule has 0 aliphatic heterocycles. The Balaban J connectivity index is 1.65. The highest BCUT2D eigenvalue weighted by molar-refractivity contribution is 6.44. The van der Waals surface area contributed by atoms with Crippen molar-refractivity contribution in [2.24, 2.45) is 7.05 Å². The zero-order chi connectivity index (χ0) is 32.4. The molecular weight excluding hydrogens is 562 g/mol. The highest BCUT2D eigenvalue weighted by Crippen LogP contribution is 2.21. The molecule has 45 heavy (non-hydrogen) atoms. The molecule has 11 nitrogen and oxygen atoms in total. The Morgan fingerprint density at radius 1 is 1.09 bits per heavy atom. The van der Waals surface area contributed by atoms with Gasteiger partial charge in [-0.15, -0.1) is 17.0 Å². The monoisotopic (exact) mass is 591 g/mol. The largest absolute Gasteiger partial charge is 0.381 e. The maximum absolute atomic E-state index is 14.4. The summed E-state index contributed by atoms with van der Waals surface area (Å²) in [5.41, 5.74) is 11.5. The van der Waals surface area contributed by atoms with E-state index in [1.165, 1.54) is 4.52 Å². The molecular formula is C30H29B4N9O2. The minimum atomic E-state index is -0.701. The molecule has 5 rings (SSSR count). The van der Waals surface area contributed by atoms with Crippen LogP contribution in [0, 0.1) is 24.2 Å². The normalized spacial score (nSPS) is 12.9. The minimum Gasteiger partial charge on any atom is -0.381 e. The Kier molecular flexibility index (Phi) is 8.55. The second-order valence-electron chi connectivity index (χ2n) is 10.8. The van der Waals surface area contributed by atoms with Gasteiger partial charge in [0.05, 0.1) is 16.9 Å². The molecule has 0 fully saturated rings. The zero-order valence-corrected chi connectivity index (χ0v) is 26.0. The number of terminal acetylenes is 1. The van der Waals surface area contributed by atoms with Crippen LogP contribution < -0.4 is 16.6 Å². The molecule has 0 unspecified atom stereocenters. The van der Waals surface area contributed by atoms with Gasteiger partial charge < -0.3 is 11.1 Å². The lowest BCUT2D eigenvalue weighted by Gasteiger charge is -2.21. The van der Waals surface area contributed by atoms with E-state index < -0.39 is 11.9 Å². The van der Waals surface area contributed by atoms with Gasteiger partial charge in [0, 0.05) is 37.7 Å². The number of hydrogen-bond acceptors (Lipinski definition) is 7. The molecule has 0 radical (unpaired) electrons. The molecule has 1 amide bonds. The first kappa shape index (κ1) is 30.8. The SMILES string of the molecule is B/C(C#C)=C(B)/C(B)=C(/B)Cn1c([C@@H](C)NC(=O)c2c(N)nn3cccnc23)nc2cccc(C#Cc3ccn(C)n3)c2c1=O. The Bertz CT molecular complexity index is 2230. The number of nitrogens with one attached hydrogen (secondary N) is 1. The van der Waals surface area contributed by atoms with Crippen LogP contribution >= 0.6 is 0 Å². The van der Waals surface area contributed by atoms with Crippen molar-refractivity contribution < 1.29 is 4.79 Å². The summed E-state index contributed by atoms with van der Waals surface area (Å²) >= 11 is 0. The maximum Gasteiger partial charge on any atom is 0.262 e. The summed E-state index contributed by atoms with van der Waals surface area (Å²) in [5.74, 6) is 8.75. The standard InChI is InChI=1S/C30H29B4N9O2/c1-4-19(31)24(33)25(34)20(32)15-42-27(16(2)37-29(44)23-26(35)40-43-13-6-12-36-28(23)43)38-21-8-5-7-17(22(21)30(42)45)9-10-18-11-14-41(3)39-18/h1,5-8,11-14,16H,15,31-34H2,2-3H3,(H2,35,40)(H,37,44)/b24-19-,25-20-/t16-/m1/s1. The third-order valence-corrected chi connectivity index (χ3v) is 7.81. The van der Waals surface area contributed by atoms with Crippen LogP contribution in [-0.2, 0) is 13.6 Å². The van der Waals surface area contributed by atoms with Gasteiger partial charge in [-0.1, -0.05) is 28.9 Å². The van der Waals surface area contributed by atoms with Crippen molar-refractivity contribution >= 4 is 59.7 Å². The number of nitrogens with zero attached hydrogens (tertiary/aromatic N) is 7. The minimum absolute atomic E-state index is 0.0407. The van der Waals surface area contributed by atoms with E-state index in [0.717, 1.165) is 21.9 Å². The summed E-state index contributed by atoms with van der Waals surface area (Å²) in [6.45, 7) is 1.97. The van der Waals surface area contributed by atoms with E-state index >= 15 is 0 Å². The number of carbonyl (C=O) groups excluding carboxylic acids is 1. The summed E-state index contributed by atoms with van der Waals surface area (Å²) in [5, 5.41) is 11.8. The fourth-order valence-corrected chi connectivity index (χ4v) is 5.00. The van der Waals surface area contributed by atoms with Gasteiger partial charge in [-0.05, 0) is 42.6 Å². The van der Waals surface area contributed by atoms with Crippen molar-refractivity contribution in [3.63, 3.8) is 0 Å². The summed E-state index contributed by atoms with van der Waals surface area (Å²) in [6.07, 6.45) is 10.7. The van der Waals surface area contributed by atoms with Crippen molar-refractivity contribution in [1.82, 2.24) is 39.2 Å². The smallest absolute Gasteiger partial charge is 0.262 e. The fourth-order valence-electron chi connectivity index (χ4n) is 5.00. The van der Waals surface area contributed by atoms with E-state index in [-0.39, 0.29) is 23.5 Å². The topological polar surface area (TPSA) is 138 Å². The molecule has 0 bridgehead atoms. The Morgan fingerprint density at radius 3 is 2.58 bits per heavy atom. The number of rotatable bonds is 6. The maximum atomic E-state index is 14.4. The van der Waals surface area contributed by atoms with Crippen LogP contribution in [0.4, 0.5) is 5.82 Å². The van der Waals surface area contributed by atoms with Crippen LogP contribution in [0.15, 0.2) is 75.6 Å². The van der Waals surface area contributed by atoms with Crippen molar-refractivity contribution in [1.29, 1.82) is 0 Å². The predicted octanol–water partition coefficient (Wildman–Crippen LogP) is -1.77. The summed E-state index contributed by atoms with van der Waals surface area (Å²) in [6, 6.07) is 8.13. The van der Waals surface area contributed by atoms with Crippen molar-refractivity contribution in [3.05, 3.63) is 104 Å². The van der Waals surface area contributed by atoms with Gasteiger partial charge in [0.15, 0.2) is 11.5 Å². The molecule has 1 aromatic carbocycles. The number of hydrogen-bond donors (Lipinski definition) is 2. The van der Waals surface area contributed by atoms with Crippen molar-refractivity contribution in [2.75, 3.05) is 5.73 Å². The summed E-state index contributed by atoms with van der Waals surface area (Å²) < 4.78 is 4.68. The molecule has 5 aromatic rings. The highest BCUT2D eigenvalue weighted by atomic mass is 16.2. The number of benzene rings is 1. The van der Waals surface area contributed by atoms with Gasteiger partial charge in [-0.3, -0.25) is 18.8 Å². The number of allylic oxidation sites excluding steroid dienone is 4. The summed E-state index contributed by atoms with van der Waals surface area (Å²) in [7, 11) is 9.57.